The van der Waals surface area contributed by atoms with Gasteiger partial charge in [0, 0.05) is 39.0 Å². The number of carbonyl (C=O) groups is 5. The van der Waals surface area contributed by atoms with Gasteiger partial charge in [0.2, 0.25) is 0 Å². The van der Waals surface area contributed by atoms with Crippen LogP contribution >= 0.6 is 0 Å². The summed E-state index contributed by atoms with van der Waals surface area (Å²) < 4.78 is 11.4. The number of allylic oxidation sites excluding steroid dienone is 2. The second kappa shape index (κ2) is 38.8. The molecule has 121 heavy (non-hydrogen) atoms. The van der Waals surface area contributed by atoms with Gasteiger partial charge in [0.1, 0.15) is 29.6 Å². The fourth-order valence-corrected chi connectivity index (χ4v) is 35.9. The summed E-state index contributed by atoms with van der Waals surface area (Å²) in [6.45, 7) is 46.3. The van der Waals surface area contributed by atoms with Crippen molar-refractivity contribution in [2.45, 2.75) is 458 Å². The van der Waals surface area contributed by atoms with E-state index in [1.54, 1.807) is 31.9 Å². The standard InChI is InChI=1S/C32H52O3.C29H48O2.C25H42O4.C25H42O/c1-21(2)8-7-9-22(3)27-13-14-28-26-12-11-24-20-25(35-30(34)15-10-23(4)33)16-18-31(24,5)29(26)17-19-32(27,28)6;1-19(2)8-7-9-20(3)25-12-13-26-24-11-10-22-18-23(31-21(4)30)14-16-28(22,5)27(24)15-17-29(25,26)6;1-14(5-6-15(2)26)18-7-8-19-23-20(13-22(29)25(18,19)4)24(3)10-9-17(27)11-16(24)12-21(23)28;1-17(8-9-18(2)26)21-12-13-22-20-11-10-19-7-5-6-15-24(19,3)23(20)14-16-25(21,22)4/h11,21-22,25-29H,7-10,12-20H2,1-6H3;10,19-20,23-27H,7-9,11-18H2,1-6H3;14,16-23,27-29H,5-13H2,1-4H3;17,19-23H,5-16H2,1-4H3. The molecule has 14 saturated carbocycles. The maximum Gasteiger partial charge on any atom is 0.306 e. The van der Waals surface area contributed by atoms with Gasteiger partial charge in [-0.3, -0.25) is 9.59 Å². The van der Waals surface area contributed by atoms with Crippen molar-refractivity contribution in [3.8, 4) is 0 Å². The number of aliphatic hydroxyl groups excluding tert-OH is 3. The molecule has 0 heterocycles. The van der Waals surface area contributed by atoms with Gasteiger partial charge in [0.05, 0.1) is 24.7 Å². The minimum atomic E-state index is -0.337. The van der Waals surface area contributed by atoms with Crippen molar-refractivity contribution in [3.63, 3.8) is 0 Å². The van der Waals surface area contributed by atoms with Crippen LogP contribution in [0.4, 0.5) is 0 Å². The van der Waals surface area contributed by atoms with Crippen molar-refractivity contribution < 1.29 is 48.8 Å². The second-order valence-electron chi connectivity index (χ2n) is 49.7. The molecule has 16 rings (SSSR count). The summed E-state index contributed by atoms with van der Waals surface area (Å²) in [6.07, 6.45) is 58.4. The molecule has 10 heteroatoms. The molecule has 0 aromatic rings. The topological polar surface area (TPSA) is 164 Å². The number of fused-ring (bicyclic) bond motifs is 20. The number of Topliss-reactive ketones (excluding diaryl/α,β-unsaturated/α-hetero) is 3. The first-order chi connectivity index (χ1) is 57.1. The lowest BCUT2D eigenvalue weighted by molar-refractivity contribution is -0.207. The first-order valence-electron chi connectivity index (χ1n) is 52.4. The summed E-state index contributed by atoms with van der Waals surface area (Å²) in [6, 6.07) is 0. The van der Waals surface area contributed by atoms with Crippen molar-refractivity contribution in [1.82, 2.24) is 0 Å². The Morgan fingerprint density at radius 1 is 0.380 bits per heavy atom. The van der Waals surface area contributed by atoms with Crippen LogP contribution in [0, 0.1) is 185 Å². The summed E-state index contributed by atoms with van der Waals surface area (Å²) in [4.78, 5) is 57.9. The Morgan fingerprint density at radius 3 is 1.31 bits per heavy atom. The molecule has 14 fully saturated rings. The average molecular weight is 1680 g/mol. The molecule has 0 aliphatic heterocycles. The number of carbonyl (C=O) groups excluding carboxylic acids is 5. The van der Waals surface area contributed by atoms with Crippen molar-refractivity contribution in [1.29, 1.82) is 0 Å². The SMILES string of the molecule is CC(=O)CCC(=O)OC1CCC2(C)C(=CCC3C2CCC2(C)C(C(C)CCCC(C)C)CCC32)C1.CC(=O)CCC(C)C1CCC2C3C(O)CC4CC(O)CCC4(C)C3CC(O)C12C.CC(=O)CCC(C)C1CCC2C3CCC4CCCCC4(C)C3CCC12C.CC(=O)OC1CCC2(C)C(=CCC3C2CCC2(C)C(C(C)CCCC(C)C)CCC32)C1. The summed E-state index contributed by atoms with van der Waals surface area (Å²) in [5.41, 5.74) is 6.12. The number of ketones is 3. The fraction of sp³-hybridized carbons (Fsp3) is 0.919. The number of esters is 2. The number of ether oxygens (including phenoxy) is 2. The highest BCUT2D eigenvalue weighted by molar-refractivity contribution is 5.81. The van der Waals surface area contributed by atoms with Crippen molar-refractivity contribution in [2.75, 3.05) is 0 Å². The van der Waals surface area contributed by atoms with Crippen molar-refractivity contribution in [2.24, 2.45) is 185 Å². The minimum absolute atomic E-state index is 0.00161. The molecule has 16 aliphatic rings. The van der Waals surface area contributed by atoms with E-state index in [9.17, 15) is 39.3 Å². The molecule has 3 N–H and O–H groups in total. The van der Waals surface area contributed by atoms with Crippen molar-refractivity contribution >= 4 is 29.3 Å². The predicted octanol–water partition coefficient (Wildman–Crippen LogP) is 27.3. The molecule has 35 atom stereocenters. The highest BCUT2D eigenvalue weighted by Gasteiger charge is 2.68. The smallest absolute Gasteiger partial charge is 0.306 e. The summed E-state index contributed by atoms with van der Waals surface area (Å²) in [7, 11) is 0. The van der Waals surface area contributed by atoms with E-state index >= 15 is 0 Å². The molecule has 0 amide bonds. The summed E-state index contributed by atoms with van der Waals surface area (Å²) in [5, 5.41) is 33.0. The molecular formula is C111H184O10. The van der Waals surface area contributed by atoms with Crippen LogP contribution in [-0.2, 0) is 33.4 Å². The predicted molar refractivity (Wildman–Crippen MR) is 493 cm³/mol. The quantitative estimate of drug-likeness (QED) is 0.0662. The van der Waals surface area contributed by atoms with E-state index in [0.29, 0.717) is 75.3 Å². The Hall–Kier alpha value is -2.69. The Kier molecular flexibility index (Phi) is 30.7. The van der Waals surface area contributed by atoms with Gasteiger partial charge in [-0.25, -0.2) is 0 Å². The van der Waals surface area contributed by atoms with Crippen LogP contribution in [-0.4, -0.2) is 75.1 Å². The van der Waals surface area contributed by atoms with Crippen LogP contribution in [0.25, 0.3) is 0 Å². The maximum absolute atomic E-state index is 12.2. The zero-order valence-corrected chi connectivity index (χ0v) is 81.4. The summed E-state index contributed by atoms with van der Waals surface area (Å²) in [5.74, 6) is 18.6. The molecule has 688 valence electrons. The van der Waals surface area contributed by atoms with E-state index in [2.05, 4.69) is 123 Å². The van der Waals surface area contributed by atoms with E-state index in [4.69, 9.17) is 9.47 Å². The van der Waals surface area contributed by atoms with Crippen LogP contribution in [0.3, 0.4) is 0 Å². The van der Waals surface area contributed by atoms with Gasteiger partial charge < -0.3 is 39.2 Å². The maximum atomic E-state index is 12.2. The largest absolute Gasteiger partial charge is 0.462 e. The molecular weight excluding hydrogens is 1490 g/mol. The van der Waals surface area contributed by atoms with Gasteiger partial charge >= 0.3 is 11.9 Å². The third-order valence-electron chi connectivity index (χ3n) is 42.6. The Balaban J connectivity index is 0.000000140. The van der Waals surface area contributed by atoms with E-state index in [0.717, 1.165) is 203 Å². The molecule has 0 radical (unpaired) electrons. The molecule has 0 aromatic carbocycles. The summed E-state index contributed by atoms with van der Waals surface area (Å²) >= 11 is 0. The number of rotatable bonds is 23. The van der Waals surface area contributed by atoms with Gasteiger partial charge in [0.25, 0.3) is 0 Å². The zero-order valence-electron chi connectivity index (χ0n) is 81.4. The first kappa shape index (κ1) is 95.9. The minimum Gasteiger partial charge on any atom is -0.462 e. The highest BCUT2D eigenvalue weighted by atomic mass is 16.5. The zero-order chi connectivity index (χ0) is 87.4. The lowest BCUT2D eigenvalue weighted by atomic mass is 9.43. The lowest BCUT2D eigenvalue weighted by Crippen LogP contribution is -2.62. The van der Waals surface area contributed by atoms with E-state index in [1.165, 1.54) is 180 Å². The van der Waals surface area contributed by atoms with Crippen LogP contribution in [0.5, 0.6) is 0 Å². The molecule has 10 nitrogen and oxygen atoms in total. The van der Waals surface area contributed by atoms with Crippen LogP contribution < -0.4 is 0 Å². The molecule has 16 aliphatic carbocycles. The van der Waals surface area contributed by atoms with Gasteiger partial charge in [0.15, 0.2) is 0 Å². The van der Waals surface area contributed by atoms with Crippen LogP contribution in [0.1, 0.15) is 427 Å². The van der Waals surface area contributed by atoms with Gasteiger partial charge in [-0.1, -0.05) is 185 Å². The van der Waals surface area contributed by atoms with Gasteiger partial charge in [-0.05, 0) is 405 Å². The highest BCUT2D eigenvalue weighted by Crippen LogP contribution is 2.74. The third kappa shape index (κ3) is 19.2. The molecule has 35 unspecified atom stereocenters. The fourth-order valence-electron chi connectivity index (χ4n) is 35.9. The second-order valence-corrected chi connectivity index (χ2v) is 49.7. The monoisotopic (exact) mass is 1680 g/mol. The van der Waals surface area contributed by atoms with Crippen LogP contribution in [0.2, 0.25) is 0 Å². The number of aliphatic hydroxyl groups is 3. The Morgan fingerprint density at radius 2 is 0.818 bits per heavy atom. The lowest BCUT2D eigenvalue weighted by Gasteiger charge is -2.63. The molecule has 0 spiro atoms. The van der Waals surface area contributed by atoms with E-state index in [1.807, 2.05) is 0 Å². The number of hydrogen-bond donors (Lipinski definition) is 3. The van der Waals surface area contributed by atoms with Crippen LogP contribution in [0.15, 0.2) is 23.3 Å². The van der Waals surface area contributed by atoms with E-state index < -0.39 is 0 Å². The Labute approximate surface area is 740 Å². The molecule has 0 aromatic heterocycles. The average Bonchev–Trinajstić information content (AvgIpc) is 1.67. The van der Waals surface area contributed by atoms with Gasteiger partial charge in [-0.15, -0.1) is 0 Å². The molecule has 0 saturated heterocycles. The third-order valence-corrected chi connectivity index (χ3v) is 42.6. The normalized spacial score (nSPS) is 45.6. The molecule has 0 bridgehead atoms. The van der Waals surface area contributed by atoms with Crippen molar-refractivity contribution in [3.05, 3.63) is 23.3 Å². The van der Waals surface area contributed by atoms with E-state index in [-0.39, 0.29) is 82.6 Å². The number of hydrogen-bond acceptors (Lipinski definition) is 10. The first-order valence-corrected chi connectivity index (χ1v) is 52.4. The Bertz CT molecular complexity index is 3590. The van der Waals surface area contributed by atoms with Gasteiger partial charge in [-0.2, -0.15) is 0 Å².